The van der Waals surface area contributed by atoms with Crippen LogP contribution in [-0.4, -0.2) is 103 Å². The van der Waals surface area contributed by atoms with E-state index in [-0.39, 0.29) is 36.0 Å². The van der Waals surface area contributed by atoms with Gasteiger partial charge in [0.05, 0.1) is 17.9 Å². The van der Waals surface area contributed by atoms with E-state index in [4.69, 9.17) is 0 Å². The first-order chi connectivity index (χ1) is 17.3. The van der Waals surface area contributed by atoms with Gasteiger partial charge in [-0.15, -0.1) is 0 Å². The molecule has 1 saturated heterocycles. The summed E-state index contributed by atoms with van der Waals surface area (Å²) >= 11 is 0. The van der Waals surface area contributed by atoms with Crippen molar-refractivity contribution in [3.8, 4) is 0 Å². The highest BCUT2D eigenvalue weighted by Crippen LogP contribution is 2.44. The number of alkyl halides is 2. The maximum Gasteiger partial charge on any atom is 0.260 e. The van der Waals surface area contributed by atoms with E-state index in [1.54, 1.807) is 0 Å². The van der Waals surface area contributed by atoms with E-state index in [1.165, 1.54) is 21.3 Å². The molecule has 0 spiro atoms. The third kappa shape index (κ3) is 5.56. The minimum Gasteiger partial charge on any atom is -0.393 e. The number of piperidine rings is 1. The maximum absolute atomic E-state index is 14.4. The Morgan fingerprint density at radius 1 is 1.21 bits per heavy atom. The zero-order valence-corrected chi connectivity index (χ0v) is 23.9. The second-order valence-electron chi connectivity index (χ2n) is 12.7. The van der Waals surface area contributed by atoms with Gasteiger partial charge in [0.15, 0.2) is 7.85 Å². The number of pyridine rings is 1. The highest BCUT2D eigenvalue weighted by atomic mass is 32.2. The molecule has 3 atom stereocenters. The van der Waals surface area contributed by atoms with Crippen LogP contribution >= 0.6 is 0 Å². The Morgan fingerprint density at radius 3 is 2.32 bits per heavy atom. The maximum atomic E-state index is 14.4. The Balaban J connectivity index is 1.77. The second-order valence-corrected chi connectivity index (χ2v) is 14.7. The number of fused-ring (bicyclic) bond motifs is 1. The fourth-order valence-corrected chi connectivity index (χ4v) is 7.52. The molecule has 9 nitrogen and oxygen atoms in total. The van der Waals surface area contributed by atoms with Crippen LogP contribution in [0.3, 0.4) is 0 Å². The molecule has 0 bridgehead atoms. The molecule has 2 aliphatic rings. The fourth-order valence-electron chi connectivity index (χ4n) is 6.39. The third-order valence-electron chi connectivity index (χ3n) is 8.37. The Morgan fingerprint density at radius 2 is 1.82 bits per heavy atom. The first kappa shape index (κ1) is 29.1. The number of aliphatic hydroxyl groups is 1. The minimum atomic E-state index is -3.38. The number of rotatable bonds is 6. The lowest BCUT2D eigenvalue weighted by molar-refractivity contribution is 0.0916. The largest absolute Gasteiger partial charge is 0.393 e. The number of aliphatic hydroxyl groups excluding tert-OH is 1. The molecule has 1 saturated carbocycles. The monoisotopic (exact) mass is 545 g/mol. The van der Waals surface area contributed by atoms with E-state index in [2.05, 4.69) is 15.3 Å². The topological polar surface area (TPSA) is 117 Å². The fraction of sp³-hybridized carbons (Fsp3) is 0.667. The summed E-state index contributed by atoms with van der Waals surface area (Å²) in [5, 5.41) is 12.9. The van der Waals surface area contributed by atoms with E-state index in [1.807, 2.05) is 38.3 Å². The lowest BCUT2D eigenvalue weighted by Crippen LogP contribution is -2.60. The molecule has 202 valence electrons. The lowest BCUT2D eigenvalue weighted by Gasteiger charge is -2.53. The van der Waals surface area contributed by atoms with Crippen molar-refractivity contribution < 1.29 is 22.3 Å². The van der Waals surface area contributed by atoms with Crippen LogP contribution in [0, 0.1) is 11.8 Å². The van der Waals surface area contributed by atoms with Crippen LogP contribution in [0.1, 0.15) is 25.3 Å². The first-order valence-electron chi connectivity index (χ1n) is 13.0. The van der Waals surface area contributed by atoms with Crippen molar-refractivity contribution in [2.24, 2.45) is 11.8 Å². The molecule has 2 N–H and O–H groups in total. The lowest BCUT2D eigenvalue weighted by atomic mass is 9.36. The van der Waals surface area contributed by atoms with Gasteiger partial charge in [-0.25, -0.2) is 26.5 Å². The smallest absolute Gasteiger partial charge is 0.260 e. The number of aromatic nitrogens is 3. The van der Waals surface area contributed by atoms with Crippen molar-refractivity contribution >= 4 is 66.2 Å². The van der Waals surface area contributed by atoms with Crippen molar-refractivity contribution in [3.05, 3.63) is 28.2 Å². The highest BCUT2D eigenvalue weighted by Gasteiger charge is 2.48. The molecule has 0 unspecified atom stereocenters. The summed E-state index contributed by atoms with van der Waals surface area (Å²) < 4.78 is 56.2. The van der Waals surface area contributed by atoms with E-state index in [0.717, 1.165) is 6.07 Å². The molecular formula is C21H34B5F2N5O4S. The molecule has 0 radical (unpaired) electrons. The van der Waals surface area contributed by atoms with Gasteiger partial charge in [-0.1, -0.05) is 17.4 Å². The summed E-state index contributed by atoms with van der Waals surface area (Å²) in [6.07, 6.45) is 3.43. The first-order valence-corrected chi connectivity index (χ1v) is 14.8. The van der Waals surface area contributed by atoms with Crippen molar-refractivity contribution in [1.29, 1.82) is 0 Å². The standard InChI is InChI=1S/C21H34B5F2N5O4S/c1-10-11(3-4-14(10)34)7-33-15-12(5-13(16(33)35)21(26,27)28)6-29-18(30-15)31-17-19(22,23)8-32(38(2,36)37)9-20(17,24)25/h5-6,10-11,14,17,34H,3-4,7-9,22-26H2,1-2H3,(H,29,30,31)/t10-,11+,14-/m0/s1. The van der Waals surface area contributed by atoms with Gasteiger partial charge >= 0.3 is 0 Å². The van der Waals surface area contributed by atoms with Gasteiger partial charge in [-0.3, -0.25) is 9.36 Å². The van der Waals surface area contributed by atoms with Crippen LogP contribution in [0.5, 0.6) is 0 Å². The van der Waals surface area contributed by atoms with Gasteiger partial charge in [0.25, 0.3) is 5.56 Å². The third-order valence-corrected chi connectivity index (χ3v) is 9.57. The molecule has 1 aliphatic carbocycles. The summed E-state index contributed by atoms with van der Waals surface area (Å²) in [6, 6.07) is 0.929. The van der Waals surface area contributed by atoms with Crippen LogP contribution < -0.4 is 10.9 Å². The second kappa shape index (κ2) is 9.65. The SMILES string of the molecule is BC(F)(F)c1cc2cnc(NC3C(B)(B)CN(S(C)(=O)=O)CC3(B)B)nc2n(C[C@H]2CC[C@H](O)[C@H]2C)c1=O. The molecule has 4 rings (SSSR count). The van der Waals surface area contributed by atoms with Crippen molar-refractivity contribution in [1.82, 2.24) is 18.8 Å². The van der Waals surface area contributed by atoms with Gasteiger partial charge in [0.2, 0.25) is 21.8 Å². The number of halogens is 2. The van der Waals surface area contributed by atoms with Crippen LogP contribution in [0.4, 0.5) is 14.7 Å². The summed E-state index contributed by atoms with van der Waals surface area (Å²) in [4.78, 5) is 22.4. The number of nitrogens with zero attached hydrogens (tertiary/aromatic N) is 4. The van der Waals surface area contributed by atoms with Gasteiger partial charge in [-0.2, -0.15) is 4.98 Å². The predicted octanol–water partition coefficient (Wildman–Crippen LogP) is -3.30. The number of sulfonamides is 1. The van der Waals surface area contributed by atoms with E-state index < -0.39 is 43.5 Å². The molecular weight excluding hydrogens is 510 g/mol. The molecule has 2 fully saturated rings. The number of nitrogens with one attached hydrogen (secondary N) is 1. The van der Waals surface area contributed by atoms with E-state index in [9.17, 15) is 27.1 Å². The molecule has 17 heteroatoms. The average molecular weight is 545 g/mol. The Bertz CT molecular complexity index is 1390. The summed E-state index contributed by atoms with van der Waals surface area (Å²) in [5.74, 6) is -3.24. The van der Waals surface area contributed by atoms with E-state index >= 15 is 0 Å². The number of hydrogen-bond acceptors (Lipinski definition) is 7. The van der Waals surface area contributed by atoms with Gasteiger partial charge in [0, 0.05) is 37.3 Å². The molecule has 38 heavy (non-hydrogen) atoms. The van der Waals surface area contributed by atoms with Gasteiger partial charge in [-0.05, 0) is 30.7 Å². The molecule has 3 heterocycles. The zero-order valence-electron chi connectivity index (χ0n) is 23.1. The summed E-state index contributed by atoms with van der Waals surface area (Å²) in [5.41, 5.74) is -1.17. The molecule has 2 aromatic rings. The van der Waals surface area contributed by atoms with Crippen LogP contribution in [0.25, 0.3) is 11.0 Å². The molecule has 0 aromatic carbocycles. The number of hydrogen-bond donors (Lipinski definition) is 2. The van der Waals surface area contributed by atoms with Crippen LogP contribution in [0.2, 0.25) is 10.4 Å². The van der Waals surface area contributed by atoms with Crippen molar-refractivity contribution in [2.75, 3.05) is 24.7 Å². The highest BCUT2D eigenvalue weighted by molar-refractivity contribution is 7.88. The van der Waals surface area contributed by atoms with Crippen LogP contribution in [0.15, 0.2) is 17.1 Å². The van der Waals surface area contributed by atoms with Crippen LogP contribution in [-0.2, 0) is 22.4 Å². The normalized spacial score (nSPS) is 26.5. The summed E-state index contributed by atoms with van der Waals surface area (Å²) in [7, 11) is 5.22. The number of anilines is 1. The molecule has 1 aliphatic heterocycles. The zero-order chi connectivity index (χ0) is 28.4. The molecule has 2 aromatic heterocycles. The Hall–Kier alpha value is -1.86. The summed E-state index contributed by atoms with van der Waals surface area (Å²) in [6.45, 7) is 2.69. The van der Waals surface area contributed by atoms with Gasteiger partial charge in [0.1, 0.15) is 37.0 Å². The van der Waals surface area contributed by atoms with Crippen molar-refractivity contribution in [2.45, 2.75) is 54.7 Å². The predicted molar refractivity (Wildman–Crippen MR) is 158 cm³/mol. The Kier molecular flexibility index (Phi) is 7.40. The van der Waals surface area contributed by atoms with E-state index in [0.29, 0.717) is 39.2 Å². The van der Waals surface area contributed by atoms with Gasteiger partial charge < -0.3 is 10.4 Å². The quantitative estimate of drug-likeness (QED) is 0.366. The van der Waals surface area contributed by atoms with Crippen molar-refractivity contribution in [3.63, 3.8) is 0 Å². The molecule has 0 amide bonds. The Labute approximate surface area is 226 Å². The minimum absolute atomic E-state index is 0.0591. The average Bonchev–Trinajstić information content (AvgIpc) is 3.08.